The van der Waals surface area contributed by atoms with E-state index in [9.17, 15) is 4.79 Å². The molecule has 0 N–H and O–H groups in total. The summed E-state index contributed by atoms with van der Waals surface area (Å²) in [5, 5.41) is 0. The predicted octanol–water partition coefficient (Wildman–Crippen LogP) is 3.53. The third-order valence-corrected chi connectivity index (χ3v) is 4.36. The molecule has 0 bridgehead atoms. The summed E-state index contributed by atoms with van der Waals surface area (Å²) in [5.41, 5.74) is 1.25. The summed E-state index contributed by atoms with van der Waals surface area (Å²) in [6.07, 6.45) is 2.03. The van der Waals surface area contributed by atoms with Crippen molar-refractivity contribution >= 4 is 11.6 Å². The van der Waals surface area contributed by atoms with Gasteiger partial charge < -0.3 is 19.1 Å². The summed E-state index contributed by atoms with van der Waals surface area (Å²) in [7, 11) is 3.11. The lowest BCUT2D eigenvalue weighted by atomic mass is 10.1. The Hall–Kier alpha value is -2.53. The average molecular weight is 341 g/mol. The average Bonchev–Trinajstić information content (AvgIpc) is 3.18. The quantitative estimate of drug-likeness (QED) is 0.806. The third-order valence-electron chi connectivity index (χ3n) is 4.36. The van der Waals surface area contributed by atoms with Crippen molar-refractivity contribution in [2.45, 2.75) is 18.9 Å². The number of anilines is 1. The Balaban J connectivity index is 1.99. The molecular formula is C20H23NO4. The molecule has 0 radical (unpaired) electrons. The molecule has 1 fully saturated rings. The summed E-state index contributed by atoms with van der Waals surface area (Å²) in [6.45, 7) is 1.25. The summed E-state index contributed by atoms with van der Waals surface area (Å²) < 4.78 is 16.6. The van der Waals surface area contributed by atoms with Crippen molar-refractivity contribution in [3.63, 3.8) is 0 Å². The topological polar surface area (TPSA) is 48.0 Å². The van der Waals surface area contributed by atoms with E-state index in [0.29, 0.717) is 23.6 Å². The van der Waals surface area contributed by atoms with Gasteiger partial charge in [0, 0.05) is 12.3 Å². The molecule has 0 aromatic heterocycles. The number of benzene rings is 2. The molecule has 1 unspecified atom stereocenters. The van der Waals surface area contributed by atoms with Gasteiger partial charge in [0.05, 0.1) is 26.9 Å². The van der Waals surface area contributed by atoms with Crippen molar-refractivity contribution in [3.8, 4) is 11.5 Å². The van der Waals surface area contributed by atoms with E-state index in [2.05, 4.69) is 0 Å². The summed E-state index contributed by atoms with van der Waals surface area (Å²) in [5.74, 6) is 0.839. The Labute approximate surface area is 148 Å². The van der Waals surface area contributed by atoms with Crippen molar-refractivity contribution in [2.24, 2.45) is 0 Å². The van der Waals surface area contributed by atoms with Crippen molar-refractivity contribution in [2.75, 3.05) is 32.3 Å². The molecule has 0 spiro atoms. The highest BCUT2D eigenvalue weighted by Gasteiger charge is 2.28. The monoisotopic (exact) mass is 341 g/mol. The Bertz CT molecular complexity index is 689. The van der Waals surface area contributed by atoms with Gasteiger partial charge in [-0.3, -0.25) is 4.79 Å². The zero-order valence-corrected chi connectivity index (χ0v) is 14.6. The number of nitrogens with zero attached hydrogens (tertiary/aromatic N) is 1. The molecule has 3 rings (SSSR count). The molecular weight excluding hydrogens is 318 g/mol. The van der Waals surface area contributed by atoms with Crippen molar-refractivity contribution < 1.29 is 19.0 Å². The van der Waals surface area contributed by atoms with Gasteiger partial charge in [0.2, 0.25) is 0 Å². The lowest BCUT2D eigenvalue weighted by molar-refractivity contribution is 0.0912. The van der Waals surface area contributed by atoms with Gasteiger partial charge in [-0.15, -0.1) is 0 Å². The Morgan fingerprint density at radius 2 is 1.76 bits per heavy atom. The molecule has 1 aliphatic heterocycles. The van der Waals surface area contributed by atoms with Gasteiger partial charge in [-0.05, 0) is 37.1 Å². The number of ether oxygens (including phenoxy) is 3. The molecule has 1 amide bonds. The van der Waals surface area contributed by atoms with E-state index in [1.54, 1.807) is 37.3 Å². The maximum absolute atomic E-state index is 13.4. The standard InChI is InChI=1S/C20H23NO4/c1-23-17-11-6-12-18(24-2)19(17)20(22)21(14-16-10-7-13-25-16)15-8-4-3-5-9-15/h3-6,8-9,11-12,16H,7,10,13-14H2,1-2H3. The lowest BCUT2D eigenvalue weighted by Crippen LogP contribution is -2.37. The van der Waals surface area contributed by atoms with Crippen molar-refractivity contribution in [1.82, 2.24) is 0 Å². The zero-order valence-electron chi connectivity index (χ0n) is 14.6. The van der Waals surface area contributed by atoms with Crippen LogP contribution >= 0.6 is 0 Å². The van der Waals surface area contributed by atoms with Gasteiger partial charge >= 0.3 is 0 Å². The van der Waals surface area contributed by atoms with Gasteiger partial charge in [0.15, 0.2) is 0 Å². The molecule has 0 aliphatic carbocycles. The fourth-order valence-corrected chi connectivity index (χ4v) is 3.10. The van der Waals surface area contributed by atoms with E-state index < -0.39 is 0 Å². The van der Waals surface area contributed by atoms with Crippen LogP contribution < -0.4 is 14.4 Å². The van der Waals surface area contributed by atoms with Crippen LogP contribution in [-0.2, 0) is 4.74 Å². The van der Waals surface area contributed by atoms with E-state index >= 15 is 0 Å². The normalized spacial score (nSPS) is 16.5. The third kappa shape index (κ3) is 3.77. The van der Waals surface area contributed by atoms with Crippen LogP contribution in [0.4, 0.5) is 5.69 Å². The van der Waals surface area contributed by atoms with Crippen LogP contribution in [0, 0.1) is 0 Å². The lowest BCUT2D eigenvalue weighted by Gasteiger charge is -2.27. The molecule has 5 nitrogen and oxygen atoms in total. The summed E-state index contributed by atoms with van der Waals surface area (Å²) >= 11 is 0. The van der Waals surface area contributed by atoms with Crippen LogP contribution in [-0.4, -0.2) is 39.4 Å². The van der Waals surface area contributed by atoms with E-state index in [-0.39, 0.29) is 12.0 Å². The molecule has 5 heteroatoms. The minimum Gasteiger partial charge on any atom is -0.496 e. The molecule has 0 saturated carbocycles. The first-order valence-corrected chi connectivity index (χ1v) is 8.44. The first-order chi connectivity index (χ1) is 12.2. The summed E-state index contributed by atoms with van der Waals surface area (Å²) in [6, 6.07) is 15.0. The van der Waals surface area contributed by atoms with Crippen LogP contribution in [0.3, 0.4) is 0 Å². The maximum Gasteiger partial charge on any atom is 0.265 e. The largest absolute Gasteiger partial charge is 0.496 e. The zero-order chi connectivity index (χ0) is 17.6. The molecule has 1 heterocycles. The van der Waals surface area contributed by atoms with Gasteiger partial charge in [0.1, 0.15) is 17.1 Å². The molecule has 25 heavy (non-hydrogen) atoms. The highest BCUT2D eigenvalue weighted by molar-refractivity contribution is 6.09. The fourth-order valence-electron chi connectivity index (χ4n) is 3.10. The van der Waals surface area contributed by atoms with Gasteiger partial charge in [-0.1, -0.05) is 24.3 Å². The molecule has 1 aliphatic rings. The number of hydrogen-bond acceptors (Lipinski definition) is 4. The van der Waals surface area contributed by atoms with E-state index in [0.717, 1.165) is 25.1 Å². The van der Waals surface area contributed by atoms with Crippen LogP contribution in [0.1, 0.15) is 23.2 Å². The van der Waals surface area contributed by atoms with Gasteiger partial charge in [0.25, 0.3) is 5.91 Å². The molecule has 2 aromatic rings. The van der Waals surface area contributed by atoms with E-state index in [1.165, 1.54) is 0 Å². The molecule has 1 saturated heterocycles. The highest BCUT2D eigenvalue weighted by Crippen LogP contribution is 2.31. The van der Waals surface area contributed by atoms with Gasteiger partial charge in [-0.25, -0.2) is 0 Å². The Morgan fingerprint density at radius 1 is 1.08 bits per heavy atom. The Kier molecular flexibility index (Phi) is 5.56. The van der Waals surface area contributed by atoms with Crippen LogP contribution in [0.2, 0.25) is 0 Å². The number of carbonyl (C=O) groups excluding carboxylic acids is 1. The van der Waals surface area contributed by atoms with Crippen molar-refractivity contribution in [1.29, 1.82) is 0 Å². The van der Waals surface area contributed by atoms with Crippen LogP contribution in [0.25, 0.3) is 0 Å². The van der Waals surface area contributed by atoms with Crippen LogP contribution in [0.15, 0.2) is 48.5 Å². The number of carbonyl (C=O) groups is 1. The van der Waals surface area contributed by atoms with Gasteiger partial charge in [-0.2, -0.15) is 0 Å². The number of rotatable bonds is 6. The molecule has 1 atom stereocenters. The maximum atomic E-state index is 13.4. The highest BCUT2D eigenvalue weighted by atomic mass is 16.5. The minimum absolute atomic E-state index is 0.0462. The Morgan fingerprint density at radius 3 is 2.32 bits per heavy atom. The fraction of sp³-hybridized carbons (Fsp3) is 0.350. The number of amides is 1. The second kappa shape index (κ2) is 8.03. The second-order valence-corrected chi connectivity index (χ2v) is 5.92. The second-order valence-electron chi connectivity index (χ2n) is 5.92. The number of hydrogen-bond donors (Lipinski definition) is 0. The van der Waals surface area contributed by atoms with Crippen LogP contribution in [0.5, 0.6) is 11.5 Å². The number of para-hydroxylation sites is 1. The SMILES string of the molecule is COc1cccc(OC)c1C(=O)N(CC1CCCO1)c1ccccc1. The minimum atomic E-state index is -0.156. The molecule has 2 aromatic carbocycles. The predicted molar refractivity (Wildman–Crippen MR) is 96.6 cm³/mol. The van der Waals surface area contributed by atoms with E-state index in [4.69, 9.17) is 14.2 Å². The first-order valence-electron chi connectivity index (χ1n) is 8.44. The van der Waals surface area contributed by atoms with Crippen molar-refractivity contribution in [3.05, 3.63) is 54.1 Å². The first kappa shape index (κ1) is 17.3. The number of methoxy groups -OCH3 is 2. The van der Waals surface area contributed by atoms with E-state index in [1.807, 2.05) is 30.3 Å². The summed E-state index contributed by atoms with van der Waals surface area (Å²) in [4.78, 5) is 15.1. The smallest absolute Gasteiger partial charge is 0.265 e. The molecule has 132 valence electrons.